The fourth-order valence-electron chi connectivity index (χ4n) is 2.63. The number of hydrogen-bond acceptors (Lipinski definition) is 4. The van der Waals surface area contributed by atoms with Crippen molar-refractivity contribution in [1.29, 1.82) is 0 Å². The van der Waals surface area contributed by atoms with Gasteiger partial charge in [-0.3, -0.25) is 4.79 Å². The maximum atomic E-state index is 12.4. The van der Waals surface area contributed by atoms with Gasteiger partial charge in [-0.05, 0) is 36.9 Å². The van der Waals surface area contributed by atoms with Gasteiger partial charge in [0, 0.05) is 24.4 Å². The van der Waals surface area contributed by atoms with Crippen LogP contribution in [0.4, 0.5) is 0 Å². The molecule has 1 heterocycles. The average molecular weight is 393 g/mol. The lowest BCUT2D eigenvalue weighted by molar-refractivity contribution is -0.131. The molecule has 0 aliphatic heterocycles. The van der Waals surface area contributed by atoms with Gasteiger partial charge >= 0.3 is 0 Å². The molecule has 1 aromatic heterocycles. The van der Waals surface area contributed by atoms with Crippen molar-refractivity contribution in [2.45, 2.75) is 31.7 Å². The highest BCUT2D eigenvalue weighted by Crippen LogP contribution is 2.16. The number of nitrogens with one attached hydrogen (secondary N) is 1. The Bertz CT molecular complexity index is 859. The number of carbonyl (C=O) groups excluding carboxylic acids is 1. The van der Waals surface area contributed by atoms with Gasteiger partial charge in [0.15, 0.2) is 0 Å². The van der Waals surface area contributed by atoms with Crippen molar-refractivity contribution in [1.82, 2.24) is 9.62 Å². The molecule has 0 spiro atoms. The molecule has 2 aromatic rings. The van der Waals surface area contributed by atoms with E-state index in [0.717, 1.165) is 10.4 Å². The van der Waals surface area contributed by atoms with Crippen molar-refractivity contribution in [2.75, 3.05) is 13.1 Å². The monoisotopic (exact) mass is 392 g/mol. The van der Waals surface area contributed by atoms with Crippen molar-refractivity contribution >= 4 is 27.3 Å². The summed E-state index contributed by atoms with van der Waals surface area (Å²) in [5, 5.41) is 1.96. The molecule has 0 aliphatic carbocycles. The van der Waals surface area contributed by atoms with E-state index in [1.807, 2.05) is 30.5 Å². The van der Waals surface area contributed by atoms with Crippen molar-refractivity contribution in [3.8, 4) is 0 Å². The molecule has 0 saturated heterocycles. The second kappa shape index (κ2) is 9.12. The Hall–Kier alpha value is -1.96. The number of carbonyl (C=O) groups is 1. The molecule has 2 rings (SSSR count). The van der Waals surface area contributed by atoms with Crippen molar-refractivity contribution < 1.29 is 13.2 Å². The zero-order valence-electron chi connectivity index (χ0n) is 15.1. The fraction of sp³-hybridized carbons (Fsp3) is 0.316. The predicted molar refractivity (Wildman–Crippen MR) is 106 cm³/mol. The van der Waals surface area contributed by atoms with E-state index in [2.05, 4.69) is 11.3 Å². The van der Waals surface area contributed by atoms with Crippen LogP contribution in [-0.4, -0.2) is 32.3 Å². The zero-order valence-corrected chi connectivity index (χ0v) is 16.7. The van der Waals surface area contributed by atoms with E-state index in [1.54, 1.807) is 41.4 Å². The number of aryl methyl sites for hydroxylation is 2. The molecule has 0 aliphatic rings. The van der Waals surface area contributed by atoms with Crippen LogP contribution < -0.4 is 4.72 Å². The smallest absolute Gasteiger partial charge is 0.240 e. The molecule has 5 nitrogen and oxygen atoms in total. The maximum absolute atomic E-state index is 12.4. The fourth-order valence-corrected chi connectivity index (χ4v) is 4.61. The van der Waals surface area contributed by atoms with Gasteiger partial charge in [0.2, 0.25) is 15.9 Å². The molecular formula is C19H24N2O3S2. The van der Waals surface area contributed by atoms with E-state index in [0.29, 0.717) is 18.7 Å². The number of amides is 1. The molecule has 0 radical (unpaired) electrons. The number of hydrogen-bond donors (Lipinski definition) is 1. The van der Waals surface area contributed by atoms with E-state index in [9.17, 15) is 13.2 Å². The number of sulfonamides is 1. The Morgan fingerprint density at radius 3 is 2.69 bits per heavy atom. The predicted octanol–water partition coefficient (Wildman–Crippen LogP) is 3.25. The van der Waals surface area contributed by atoms with Gasteiger partial charge in [-0.25, -0.2) is 13.1 Å². The maximum Gasteiger partial charge on any atom is 0.240 e. The minimum Gasteiger partial charge on any atom is -0.334 e. The van der Waals surface area contributed by atoms with Crippen molar-refractivity contribution in [2.24, 2.45) is 0 Å². The molecular weight excluding hydrogens is 368 g/mol. The first kappa shape index (κ1) is 20.4. The third-order valence-electron chi connectivity index (χ3n) is 3.88. The molecule has 140 valence electrons. The highest BCUT2D eigenvalue weighted by atomic mass is 32.2. The molecule has 26 heavy (non-hydrogen) atoms. The lowest BCUT2D eigenvalue weighted by atomic mass is 10.2. The zero-order chi connectivity index (χ0) is 19.2. The van der Waals surface area contributed by atoms with Gasteiger partial charge < -0.3 is 4.90 Å². The first-order valence-electron chi connectivity index (χ1n) is 8.31. The molecule has 0 saturated carbocycles. The lowest BCUT2D eigenvalue weighted by Gasteiger charge is -2.20. The third kappa shape index (κ3) is 5.52. The summed E-state index contributed by atoms with van der Waals surface area (Å²) in [5.41, 5.74) is 1.69. The second-order valence-corrected chi connectivity index (χ2v) is 8.83. The Labute approximate surface area is 159 Å². The molecule has 1 aromatic carbocycles. The third-order valence-corrected chi connectivity index (χ3v) is 6.36. The average Bonchev–Trinajstić information content (AvgIpc) is 3.07. The lowest BCUT2D eigenvalue weighted by Crippen LogP contribution is -2.34. The van der Waals surface area contributed by atoms with Crippen molar-refractivity contribution in [3.63, 3.8) is 0 Å². The number of nitrogens with zero attached hydrogens (tertiary/aromatic N) is 1. The Morgan fingerprint density at radius 2 is 2.08 bits per heavy atom. The summed E-state index contributed by atoms with van der Waals surface area (Å²) < 4.78 is 27.4. The minimum absolute atomic E-state index is 0.0621. The van der Waals surface area contributed by atoms with Crippen LogP contribution in [0.15, 0.2) is 53.3 Å². The highest BCUT2D eigenvalue weighted by Gasteiger charge is 2.18. The van der Waals surface area contributed by atoms with E-state index >= 15 is 0 Å². The van der Waals surface area contributed by atoms with Crippen molar-refractivity contribution in [3.05, 3.63) is 64.4 Å². The molecule has 7 heteroatoms. The summed E-state index contributed by atoms with van der Waals surface area (Å²) in [6.45, 7) is 8.36. The van der Waals surface area contributed by atoms with Crippen LogP contribution in [0.25, 0.3) is 0 Å². The van der Waals surface area contributed by atoms with Crippen LogP contribution in [0, 0.1) is 13.8 Å². The summed E-state index contributed by atoms with van der Waals surface area (Å²) in [4.78, 5) is 15.4. The van der Waals surface area contributed by atoms with E-state index in [-0.39, 0.29) is 23.8 Å². The Morgan fingerprint density at radius 1 is 1.31 bits per heavy atom. The molecule has 1 amide bonds. The number of benzene rings is 1. The van der Waals surface area contributed by atoms with E-state index in [4.69, 9.17) is 0 Å². The van der Waals surface area contributed by atoms with Gasteiger partial charge in [0.05, 0.1) is 11.4 Å². The summed E-state index contributed by atoms with van der Waals surface area (Å²) in [6.07, 6.45) is 1.77. The van der Waals surface area contributed by atoms with Gasteiger partial charge in [-0.15, -0.1) is 17.9 Å². The van der Waals surface area contributed by atoms with Gasteiger partial charge in [0.1, 0.15) is 0 Å². The molecule has 0 unspecified atom stereocenters. The minimum atomic E-state index is -3.63. The SMILES string of the molecule is C=CCN(Cc1cccs1)C(=O)CCNS(=O)(=O)c1ccc(C)cc1C. The number of thiophene rings is 1. The Balaban J connectivity index is 1.95. The van der Waals surface area contributed by atoms with Crippen LogP contribution in [0.1, 0.15) is 22.4 Å². The summed E-state index contributed by atoms with van der Waals surface area (Å²) in [5.74, 6) is -0.110. The highest BCUT2D eigenvalue weighted by molar-refractivity contribution is 7.89. The first-order chi connectivity index (χ1) is 12.3. The summed E-state index contributed by atoms with van der Waals surface area (Å²) >= 11 is 1.58. The summed E-state index contributed by atoms with van der Waals surface area (Å²) in [6, 6.07) is 9.09. The quantitative estimate of drug-likeness (QED) is 0.666. The second-order valence-electron chi connectivity index (χ2n) is 6.06. The molecule has 0 fully saturated rings. The van der Waals surface area contributed by atoms with E-state index in [1.165, 1.54) is 0 Å². The van der Waals surface area contributed by atoms with E-state index < -0.39 is 10.0 Å². The van der Waals surface area contributed by atoms with Gasteiger partial charge in [-0.1, -0.05) is 29.8 Å². The van der Waals surface area contributed by atoms with Gasteiger partial charge in [0.25, 0.3) is 0 Å². The Kier molecular flexibility index (Phi) is 7.14. The molecule has 1 N–H and O–H groups in total. The normalized spacial score (nSPS) is 11.3. The first-order valence-corrected chi connectivity index (χ1v) is 10.7. The number of rotatable bonds is 9. The van der Waals surface area contributed by atoms with Crippen LogP contribution in [-0.2, 0) is 21.4 Å². The topological polar surface area (TPSA) is 66.5 Å². The van der Waals surface area contributed by atoms with Gasteiger partial charge in [-0.2, -0.15) is 0 Å². The standard InChI is InChI=1S/C19H24N2O3S2/c1-4-11-21(14-17-6-5-12-25-17)19(22)9-10-20-26(23,24)18-8-7-15(2)13-16(18)3/h4-8,12-13,20H,1,9-11,14H2,2-3H3. The van der Waals surface area contributed by atoms with Crippen LogP contribution in [0.5, 0.6) is 0 Å². The largest absolute Gasteiger partial charge is 0.334 e. The molecule has 0 bridgehead atoms. The molecule has 0 atom stereocenters. The van der Waals surface area contributed by atoms with Crippen LogP contribution >= 0.6 is 11.3 Å². The van der Waals surface area contributed by atoms with Crippen LogP contribution in [0.3, 0.4) is 0 Å². The summed E-state index contributed by atoms with van der Waals surface area (Å²) in [7, 11) is -3.63. The van der Waals surface area contributed by atoms with Crippen LogP contribution in [0.2, 0.25) is 0 Å².